The number of aliphatic hydroxyl groups is 1. The fraction of sp³-hybridized carbons (Fsp3) is 0.455. The van der Waals surface area contributed by atoms with E-state index in [1.54, 1.807) is 13.1 Å². The largest absolute Gasteiger partial charge is 0.391 e. The van der Waals surface area contributed by atoms with Crippen molar-refractivity contribution in [3.63, 3.8) is 0 Å². The molecule has 2 aromatic heterocycles. The molecule has 5 rings (SSSR count). The summed E-state index contributed by atoms with van der Waals surface area (Å²) in [5.74, 6) is -2.91. The number of thiophene rings is 1. The highest BCUT2D eigenvalue weighted by Crippen LogP contribution is 2.25. The van der Waals surface area contributed by atoms with Crippen LogP contribution in [0.4, 0.5) is 0 Å². The van der Waals surface area contributed by atoms with Crippen LogP contribution in [0.3, 0.4) is 0 Å². The summed E-state index contributed by atoms with van der Waals surface area (Å²) in [6.45, 7) is 3.21. The fourth-order valence-corrected chi connectivity index (χ4v) is 6.63. The number of hydrogen-bond donors (Lipinski definition) is 4. The van der Waals surface area contributed by atoms with Crippen molar-refractivity contribution in [3.8, 4) is 10.6 Å². The Hall–Kier alpha value is -4.56. The monoisotopic (exact) mass is 663 g/mol. The van der Waals surface area contributed by atoms with Crippen molar-refractivity contribution in [2.45, 2.75) is 57.3 Å². The van der Waals surface area contributed by atoms with Crippen molar-refractivity contribution < 1.29 is 29.1 Å². The highest BCUT2D eigenvalue weighted by molar-refractivity contribution is 7.13. The van der Waals surface area contributed by atoms with Gasteiger partial charge in [0.2, 0.25) is 23.6 Å². The molecule has 3 aromatic rings. The maximum atomic E-state index is 14.0. The lowest BCUT2D eigenvalue weighted by Crippen LogP contribution is -2.58. The zero-order valence-electron chi connectivity index (χ0n) is 26.7. The van der Waals surface area contributed by atoms with Gasteiger partial charge in [0.15, 0.2) is 0 Å². The third kappa shape index (κ3) is 7.88. The van der Waals surface area contributed by atoms with Crippen molar-refractivity contribution in [2.24, 2.45) is 13.0 Å². The summed E-state index contributed by atoms with van der Waals surface area (Å²) in [6.07, 6.45) is -0.224. The Morgan fingerprint density at radius 1 is 1.09 bits per heavy atom. The molecule has 1 aromatic carbocycles. The molecule has 5 amide bonds. The van der Waals surface area contributed by atoms with E-state index in [1.807, 2.05) is 61.7 Å². The van der Waals surface area contributed by atoms with Crippen LogP contribution in [0.1, 0.15) is 42.7 Å². The van der Waals surface area contributed by atoms with Crippen LogP contribution in [-0.4, -0.2) is 105 Å². The molecule has 4 heterocycles. The lowest BCUT2D eigenvalue weighted by Gasteiger charge is -2.32. The van der Waals surface area contributed by atoms with Crippen LogP contribution in [0.5, 0.6) is 0 Å². The maximum Gasteiger partial charge on any atom is 0.272 e. The number of carbonyl (C=O) groups is 5. The third-order valence-corrected chi connectivity index (χ3v) is 9.64. The Morgan fingerprint density at radius 2 is 1.85 bits per heavy atom. The first kappa shape index (κ1) is 33.8. The minimum atomic E-state index is -1.03. The number of carbonyl (C=O) groups excluding carboxylic acids is 5. The second-order valence-corrected chi connectivity index (χ2v) is 13.1. The highest BCUT2D eigenvalue weighted by atomic mass is 32.1. The Bertz CT molecular complexity index is 1590. The van der Waals surface area contributed by atoms with Crippen LogP contribution < -0.4 is 16.0 Å². The van der Waals surface area contributed by atoms with Gasteiger partial charge < -0.3 is 30.9 Å². The number of benzene rings is 1. The van der Waals surface area contributed by atoms with E-state index in [0.29, 0.717) is 12.1 Å². The molecule has 0 aliphatic carbocycles. The third-order valence-electron chi connectivity index (χ3n) is 8.75. The van der Waals surface area contributed by atoms with Crippen molar-refractivity contribution >= 4 is 40.9 Å². The van der Waals surface area contributed by atoms with Crippen LogP contribution in [0.2, 0.25) is 0 Å². The van der Waals surface area contributed by atoms with Gasteiger partial charge in [-0.05, 0) is 29.0 Å². The number of aryl methyl sites for hydroxylation is 1. The summed E-state index contributed by atoms with van der Waals surface area (Å²) < 4.78 is 1.46. The number of aromatic nitrogens is 2. The minimum Gasteiger partial charge on any atom is -0.391 e. The van der Waals surface area contributed by atoms with Gasteiger partial charge in [-0.25, -0.2) is 0 Å². The number of nitrogens with zero attached hydrogens (tertiary/aromatic N) is 4. The summed E-state index contributed by atoms with van der Waals surface area (Å²) in [5, 5.41) is 25.4. The van der Waals surface area contributed by atoms with Gasteiger partial charge in [-0.1, -0.05) is 56.7 Å². The van der Waals surface area contributed by atoms with Crippen molar-refractivity contribution in [3.05, 3.63) is 65.2 Å². The topological polar surface area (TPSA) is 166 Å². The van der Waals surface area contributed by atoms with E-state index >= 15 is 0 Å². The average Bonchev–Trinajstić information content (AvgIpc) is 3.82. The molecule has 0 radical (unpaired) electrons. The first-order valence-corrected chi connectivity index (χ1v) is 16.7. The number of aliphatic hydroxyl groups excluding tert-OH is 1. The number of amides is 5. The lowest BCUT2D eigenvalue weighted by atomic mass is 9.97. The van der Waals surface area contributed by atoms with Crippen LogP contribution in [-0.2, 0) is 32.6 Å². The maximum absolute atomic E-state index is 14.0. The smallest absolute Gasteiger partial charge is 0.272 e. The second kappa shape index (κ2) is 14.9. The molecule has 5 atom stereocenters. The van der Waals surface area contributed by atoms with E-state index in [1.165, 1.54) is 25.8 Å². The summed E-state index contributed by atoms with van der Waals surface area (Å²) in [7, 11) is 1.65. The molecule has 4 N–H and O–H groups in total. The molecular formula is C33H41N7O6S. The van der Waals surface area contributed by atoms with E-state index in [0.717, 1.165) is 10.4 Å². The number of nitrogens with one attached hydrogen (secondary N) is 3. The van der Waals surface area contributed by atoms with Gasteiger partial charge >= 0.3 is 0 Å². The minimum absolute atomic E-state index is 0.00113. The van der Waals surface area contributed by atoms with E-state index in [9.17, 15) is 29.1 Å². The summed E-state index contributed by atoms with van der Waals surface area (Å²) >= 11 is 1.49. The molecule has 13 nitrogen and oxygen atoms in total. The van der Waals surface area contributed by atoms with E-state index in [4.69, 9.17) is 0 Å². The SMILES string of the molecule is CC[C@H](C)[C@@H]1NC(=O)CN(C(=O)c2cc(-c3cccs3)nn2C)CCNC(=O)[C@H](Cc2ccccc2)NC(=O)[C@@H]2C[C@@H](O)CN2C1=O. The van der Waals surface area contributed by atoms with Crippen LogP contribution in [0.15, 0.2) is 53.9 Å². The Balaban J connectivity index is 1.47. The average molecular weight is 664 g/mol. The Kier molecular flexibility index (Phi) is 10.7. The van der Waals surface area contributed by atoms with E-state index in [-0.39, 0.29) is 50.6 Å². The van der Waals surface area contributed by atoms with Crippen molar-refractivity contribution in [2.75, 3.05) is 26.2 Å². The fourth-order valence-electron chi connectivity index (χ4n) is 5.95. The molecule has 2 aliphatic rings. The van der Waals surface area contributed by atoms with Gasteiger partial charge in [-0.2, -0.15) is 5.10 Å². The number of hydrogen-bond acceptors (Lipinski definition) is 8. The van der Waals surface area contributed by atoms with Crippen LogP contribution in [0.25, 0.3) is 10.6 Å². The molecule has 2 saturated heterocycles. The molecule has 0 unspecified atom stereocenters. The van der Waals surface area contributed by atoms with E-state index in [2.05, 4.69) is 21.0 Å². The summed E-state index contributed by atoms with van der Waals surface area (Å²) in [5.41, 5.74) is 1.68. The van der Waals surface area contributed by atoms with Crippen LogP contribution in [0, 0.1) is 5.92 Å². The van der Waals surface area contributed by atoms with Gasteiger partial charge in [-0.3, -0.25) is 28.7 Å². The normalized spacial score (nSPS) is 23.7. The Labute approximate surface area is 277 Å². The molecule has 47 heavy (non-hydrogen) atoms. The quantitative estimate of drug-likeness (QED) is 0.305. The van der Waals surface area contributed by atoms with Gasteiger partial charge in [0.25, 0.3) is 5.91 Å². The van der Waals surface area contributed by atoms with Crippen molar-refractivity contribution in [1.82, 2.24) is 35.5 Å². The van der Waals surface area contributed by atoms with E-state index < -0.39 is 53.8 Å². The summed E-state index contributed by atoms with van der Waals surface area (Å²) in [4.78, 5) is 72.1. The predicted octanol–water partition coefficient (Wildman–Crippen LogP) is 0.941. The molecule has 2 aliphatic heterocycles. The first-order valence-electron chi connectivity index (χ1n) is 15.8. The molecule has 0 bridgehead atoms. The van der Waals surface area contributed by atoms with Gasteiger partial charge in [0.1, 0.15) is 29.5 Å². The number of fused-ring (bicyclic) bond motifs is 1. The number of rotatable bonds is 6. The zero-order valence-corrected chi connectivity index (χ0v) is 27.5. The predicted molar refractivity (Wildman–Crippen MR) is 175 cm³/mol. The first-order chi connectivity index (χ1) is 22.5. The lowest BCUT2D eigenvalue weighted by molar-refractivity contribution is -0.143. The van der Waals surface area contributed by atoms with Crippen molar-refractivity contribution in [1.29, 1.82) is 0 Å². The van der Waals surface area contributed by atoms with Crippen LogP contribution >= 0.6 is 11.3 Å². The molecule has 2 fully saturated rings. The molecule has 250 valence electrons. The van der Waals surface area contributed by atoms with Gasteiger partial charge in [0, 0.05) is 39.5 Å². The molecular weight excluding hydrogens is 622 g/mol. The Morgan fingerprint density at radius 3 is 2.55 bits per heavy atom. The molecule has 0 spiro atoms. The van der Waals surface area contributed by atoms with Gasteiger partial charge in [-0.15, -0.1) is 11.3 Å². The zero-order chi connectivity index (χ0) is 33.7. The van der Waals surface area contributed by atoms with Gasteiger partial charge in [0.05, 0.1) is 17.5 Å². The standard InChI is InChI=1S/C33H41N7O6S/c1-4-20(2)29-33(46)40-18-22(41)16-25(40)31(44)35-24(15-21-9-6-5-7-10-21)30(43)34-12-13-39(19-28(42)36-29)32(45)26-17-23(37-38(26)3)27-11-8-14-47-27/h5-11,14,17,20,22,24-25,29,41H,4,12-13,15-16,18-19H2,1-3H3,(H,34,43)(H,35,44)(H,36,42)/t20-,22+,24-,25-,29-/m0/s1. The second-order valence-electron chi connectivity index (χ2n) is 12.1. The molecule has 0 saturated carbocycles. The highest BCUT2D eigenvalue weighted by Gasteiger charge is 2.43. The molecule has 14 heteroatoms. The summed E-state index contributed by atoms with van der Waals surface area (Å²) in [6, 6.07) is 11.6.